The minimum atomic E-state index is -1.05. The highest BCUT2D eigenvalue weighted by Crippen LogP contribution is 2.43. The molecular weight excluding hydrogens is 779 g/mol. The lowest BCUT2D eigenvalue weighted by molar-refractivity contribution is -0.214. The van der Waals surface area contributed by atoms with Gasteiger partial charge in [0.2, 0.25) is 11.8 Å². The highest BCUT2D eigenvalue weighted by atomic mass is 16.6. The standard InChI is InChI=1S/C48H69N3O10/c1-14-29(2)39-27-41(57-13)40(43-44(60-33(6)54)42(59-32(5)53)26-38(61-43)28-58-31(4)52)25-36(39)24-35-16-15-34(23-30(35)3)17-20-47(7,8)45(55)49-48(9,10)46(56)51-21-18-37(19-22-51)50(11)12/h15-17,20,23,25,27,29,37-38,42-44H,14,18-19,21-22,24,26,28H2,1-13H3,(H,49,55)/b20-17+/t29?,38-,42-,43-,44+/m0/s1. The zero-order chi connectivity index (χ0) is 45.4. The largest absolute Gasteiger partial charge is 0.496 e. The van der Waals surface area contributed by atoms with Crippen LogP contribution < -0.4 is 10.1 Å². The smallest absolute Gasteiger partial charge is 0.303 e. The average molecular weight is 848 g/mol. The Kier molecular flexibility index (Phi) is 16.7. The van der Waals surface area contributed by atoms with Gasteiger partial charge < -0.3 is 38.8 Å². The number of nitrogens with zero attached hydrogens (tertiary/aromatic N) is 2. The van der Waals surface area contributed by atoms with Gasteiger partial charge in [-0.25, -0.2) is 0 Å². The Morgan fingerprint density at radius 2 is 1.61 bits per heavy atom. The number of methoxy groups -OCH3 is 1. The molecule has 0 spiro atoms. The minimum Gasteiger partial charge on any atom is -0.496 e. The van der Waals surface area contributed by atoms with Crippen LogP contribution in [0.15, 0.2) is 36.4 Å². The van der Waals surface area contributed by atoms with Crippen LogP contribution in [0, 0.1) is 12.3 Å². The van der Waals surface area contributed by atoms with Gasteiger partial charge in [-0.1, -0.05) is 44.2 Å². The molecule has 61 heavy (non-hydrogen) atoms. The van der Waals surface area contributed by atoms with Gasteiger partial charge >= 0.3 is 17.9 Å². The molecule has 0 aromatic heterocycles. The highest BCUT2D eigenvalue weighted by molar-refractivity contribution is 5.93. The summed E-state index contributed by atoms with van der Waals surface area (Å²) < 4.78 is 29.3. The molecule has 336 valence electrons. The molecule has 0 radical (unpaired) electrons. The van der Waals surface area contributed by atoms with Gasteiger partial charge in [-0.2, -0.15) is 0 Å². The van der Waals surface area contributed by atoms with Crippen LogP contribution in [-0.2, 0) is 49.3 Å². The van der Waals surface area contributed by atoms with Crippen LogP contribution in [0.4, 0.5) is 0 Å². The number of rotatable bonds is 16. The lowest BCUT2D eigenvalue weighted by Crippen LogP contribution is -2.59. The molecule has 13 heteroatoms. The number of ether oxygens (including phenoxy) is 5. The van der Waals surface area contributed by atoms with E-state index in [0.717, 1.165) is 47.1 Å². The van der Waals surface area contributed by atoms with E-state index in [9.17, 15) is 24.0 Å². The lowest BCUT2D eigenvalue weighted by Gasteiger charge is -2.41. The average Bonchev–Trinajstić information content (AvgIpc) is 3.19. The molecule has 2 aromatic rings. The summed E-state index contributed by atoms with van der Waals surface area (Å²) in [6.45, 7) is 18.7. The minimum absolute atomic E-state index is 0.0744. The second-order valence-corrected chi connectivity index (χ2v) is 18.0. The normalized spacial score (nSPS) is 20.6. The van der Waals surface area contributed by atoms with E-state index in [-0.39, 0.29) is 30.8 Å². The molecular formula is C48H69N3O10. The first-order valence-corrected chi connectivity index (χ1v) is 21.5. The fourth-order valence-electron chi connectivity index (χ4n) is 8.13. The molecule has 2 amide bonds. The Morgan fingerprint density at radius 1 is 0.951 bits per heavy atom. The Labute approximate surface area is 362 Å². The van der Waals surface area contributed by atoms with Gasteiger partial charge in [-0.05, 0) is 120 Å². The first-order chi connectivity index (χ1) is 28.6. The summed E-state index contributed by atoms with van der Waals surface area (Å²) in [7, 11) is 5.70. The molecule has 0 saturated carbocycles. The van der Waals surface area contributed by atoms with Crippen molar-refractivity contribution in [3.8, 4) is 5.75 Å². The molecule has 0 bridgehead atoms. The van der Waals surface area contributed by atoms with Crippen molar-refractivity contribution >= 4 is 35.8 Å². The summed E-state index contributed by atoms with van der Waals surface area (Å²) in [6.07, 6.45) is 3.77. The summed E-state index contributed by atoms with van der Waals surface area (Å²) in [4.78, 5) is 67.7. The second kappa shape index (κ2) is 20.9. The lowest BCUT2D eigenvalue weighted by atomic mass is 9.84. The number of aryl methyl sites for hydroxylation is 1. The SMILES string of the molecule is CCC(C)c1cc(OC)c([C@@H]2O[C@H](COC(C)=O)C[C@H](OC(C)=O)[C@H]2OC(C)=O)cc1Cc1ccc(/C=C/C(C)(C)C(=O)NC(C)(C)C(=O)N2CCC(N(C)C)CC2)cc1C. The third-order valence-electron chi connectivity index (χ3n) is 12.0. The van der Waals surface area contributed by atoms with E-state index in [1.807, 2.05) is 49.1 Å². The summed E-state index contributed by atoms with van der Waals surface area (Å²) in [5.74, 6) is -1.20. The number of piperidine rings is 1. The van der Waals surface area contributed by atoms with Crippen LogP contribution >= 0.6 is 0 Å². The van der Waals surface area contributed by atoms with Crippen LogP contribution in [0.5, 0.6) is 5.75 Å². The van der Waals surface area contributed by atoms with Crippen molar-refractivity contribution in [1.29, 1.82) is 0 Å². The number of esters is 3. The van der Waals surface area contributed by atoms with E-state index in [0.29, 0.717) is 36.9 Å². The fourth-order valence-corrected chi connectivity index (χ4v) is 8.13. The topological polar surface area (TPSA) is 150 Å². The molecule has 4 rings (SSSR count). The summed E-state index contributed by atoms with van der Waals surface area (Å²) >= 11 is 0. The quantitative estimate of drug-likeness (QED) is 0.140. The van der Waals surface area contributed by atoms with Crippen LogP contribution in [0.25, 0.3) is 6.08 Å². The summed E-state index contributed by atoms with van der Waals surface area (Å²) in [5.41, 5.74) is 3.81. The van der Waals surface area contributed by atoms with Crippen molar-refractivity contribution in [2.24, 2.45) is 5.41 Å². The third-order valence-corrected chi connectivity index (χ3v) is 12.0. The van der Waals surface area contributed by atoms with Gasteiger partial charge in [0.25, 0.3) is 0 Å². The number of benzene rings is 2. The molecule has 2 heterocycles. The second-order valence-electron chi connectivity index (χ2n) is 18.0. The molecule has 2 aliphatic rings. The Morgan fingerprint density at radius 3 is 2.16 bits per heavy atom. The van der Waals surface area contributed by atoms with Gasteiger partial charge in [-0.3, -0.25) is 24.0 Å². The van der Waals surface area contributed by atoms with Crippen LogP contribution in [0.1, 0.15) is 133 Å². The molecule has 2 aromatic carbocycles. The molecule has 1 unspecified atom stereocenters. The third kappa shape index (κ3) is 12.9. The first-order valence-electron chi connectivity index (χ1n) is 21.5. The summed E-state index contributed by atoms with van der Waals surface area (Å²) in [6, 6.07) is 10.7. The fraction of sp³-hybridized carbons (Fsp3) is 0.604. The Balaban J connectivity index is 1.61. The van der Waals surface area contributed by atoms with Gasteiger partial charge in [0.1, 0.15) is 30.1 Å². The van der Waals surface area contributed by atoms with Crippen molar-refractivity contribution in [1.82, 2.24) is 15.1 Å². The van der Waals surface area contributed by atoms with E-state index >= 15 is 0 Å². The number of hydrogen-bond donors (Lipinski definition) is 1. The first kappa shape index (κ1) is 48.9. The molecule has 2 aliphatic heterocycles. The van der Waals surface area contributed by atoms with E-state index in [4.69, 9.17) is 23.7 Å². The van der Waals surface area contributed by atoms with Gasteiger partial charge in [-0.15, -0.1) is 0 Å². The maximum Gasteiger partial charge on any atom is 0.303 e. The molecule has 5 atom stereocenters. The molecule has 2 saturated heterocycles. The predicted octanol–water partition coefficient (Wildman–Crippen LogP) is 6.85. The van der Waals surface area contributed by atoms with Crippen LogP contribution in [-0.4, -0.2) is 110 Å². The molecule has 13 nitrogen and oxygen atoms in total. The van der Waals surface area contributed by atoms with E-state index in [1.54, 1.807) is 21.0 Å². The van der Waals surface area contributed by atoms with E-state index < -0.39 is 53.3 Å². The number of likely N-dealkylation sites (tertiary alicyclic amines) is 1. The molecule has 1 N–H and O–H groups in total. The number of amides is 2. The Bertz CT molecular complexity index is 1930. The van der Waals surface area contributed by atoms with Crippen molar-refractivity contribution in [3.05, 3.63) is 69.8 Å². The van der Waals surface area contributed by atoms with Crippen molar-refractivity contribution in [2.45, 2.75) is 143 Å². The van der Waals surface area contributed by atoms with Gasteiger partial charge in [0.05, 0.1) is 18.6 Å². The zero-order valence-corrected chi connectivity index (χ0v) is 38.6. The maximum absolute atomic E-state index is 13.6. The number of hydrogen-bond acceptors (Lipinski definition) is 11. The number of nitrogens with one attached hydrogen (secondary N) is 1. The van der Waals surface area contributed by atoms with E-state index in [2.05, 4.69) is 57.2 Å². The van der Waals surface area contributed by atoms with Crippen molar-refractivity contribution < 1.29 is 47.7 Å². The zero-order valence-electron chi connectivity index (χ0n) is 38.6. The number of carbonyl (C=O) groups excluding carboxylic acids is 5. The van der Waals surface area contributed by atoms with Crippen LogP contribution in [0.2, 0.25) is 0 Å². The predicted molar refractivity (Wildman–Crippen MR) is 234 cm³/mol. The molecule has 2 fully saturated rings. The van der Waals surface area contributed by atoms with E-state index in [1.165, 1.54) is 20.8 Å². The summed E-state index contributed by atoms with van der Waals surface area (Å²) in [5, 5.41) is 3.03. The van der Waals surface area contributed by atoms with Gasteiger partial charge in [0, 0.05) is 51.9 Å². The monoisotopic (exact) mass is 847 g/mol. The maximum atomic E-state index is 13.6. The van der Waals surface area contributed by atoms with Crippen molar-refractivity contribution in [3.63, 3.8) is 0 Å². The number of carbonyl (C=O) groups is 5. The Hall–Kier alpha value is -4.75. The van der Waals surface area contributed by atoms with Crippen molar-refractivity contribution in [2.75, 3.05) is 40.9 Å². The van der Waals surface area contributed by atoms with Crippen LogP contribution in [0.3, 0.4) is 0 Å². The molecule has 0 aliphatic carbocycles. The van der Waals surface area contributed by atoms with Gasteiger partial charge in [0.15, 0.2) is 6.10 Å². The highest BCUT2D eigenvalue weighted by Gasteiger charge is 2.45.